The molecule has 0 amide bonds. The fourth-order valence-corrected chi connectivity index (χ4v) is 0.385. The van der Waals surface area contributed by atoms with Crippen LogP contribution in [0.3, 0.4) is 0 Å². The lowest BCUT2D eigenvalue weighted by Gasteiger charge is -2.16. The molecule has 0 spiro atoms. The van der Waals surface area contributed by atoms with Gasteiger partial charge in [0, 0.05) is 11.9 Å². The molecule has 0 fully saturated rings. The Bertz CT molecular complexity index is 230. The zero-order valence-electron chi connectivity index (χ0n) is 10.6. The van der Waals surface area contributed by atoms with Gasteiger partial charge in [-0.25, -0.2) is 0 Å². The molecule has 0 rings (SSSR count). The number of aliphatic carboxylic acids is 1. The molecule has 60 valence electrons. The van der Waals surface area contributed by atoms with Crippen LogP contribution in [0, 0.1) is 5.41 Å². The second-order valence-electron chi connectivity index (χ2n) is 3.34. The van der Waals surface area contributed by atoms with Crippen LogP contribution >= 0.6 is 0 Å². The van der Waals surface area contributed by atoms with E-state index >= 15 is 0 Å². The summed E-state index contributed by atoms with van der Waals surface area (Å²) in [4.78, 5) is 10.5. The Balaban J connectivity index is 4.87. The van der Waals surface area contributed by atoms with E-state index < -0.39 is 24.1 Å². The van der Waals surface area contributed by atoms with Gasteiger partial charge in [0.15, 0.2) is 0 Å². The van der Waals surface area contributed by atoms with Crippen molar-refractivity contribution < 1.29 is 15.4 Å². The largest absolute Gasteiger partial charge is 0.481 e. The van der Waals surface area contributed by atoms with E-state index in [9.17, 15) is 4.79 Å². The van der Waals surface area contributed by atoms with Crippen LogP contribution in [0.15, 0.2) is 0 Å². The summed E-state index contributed by atoms with van der Waals surface area (Å²) in [7, 11) is 0. The van der Waals surface area contributed by atoms with Crippen molar-refractivity contribution in [2.75, 3.05) is 0 Å². The standard InChI is InChI=1S/C8H16O2/c1-8(2,3)6-4-5-7(9)10/h4-6H2,1-3H3,(H,9,10)/i4D2,5D2. The summed E-state index contributed by atoms with van der Waals surface area (Å²) in [5.74, 6) is -1.76. The number of carbonyl (C=O) groups is 1. The summed E-state index contributed by atoms with van der Waals surface area (Å²) < 4.78 is 29.2. The Morgan fingerprint density at radius 3 is 2.40 bits per heavy atom. The average Bonchev–Trinajstić information content (AvgIpc) is 1.80. The van der Waals surface area contributed by atoms with Crippen LogP contribution in [0.2, 0.25) is 0 Å². The van der Waals surface area contributed by atoms with E-state index in [1.165, 1.54) is 0 Å². The van der Waals surface area contributed by atoms with E-state index in [2.05, 4.69) is 0 Å². The molecule has 2 heteroatoms. The number of hydrogen-bond donors (Lipinski definition) is 1. The second-order valence-corrected chi connectivity index (χ2v) is 3.34. The van der Waals surface area contributed by atoms with Gasteiger partial charge < -0.3 is 5.11 Å². The minimum absolute atomic E-state index is 0.140. The predicted octanol–water partition coefficient (Wildman–Crippen LogP) is 2.29. The fraction of sp³-hybridized carbons (Fsp3) is 0.875. The molecule has 0 unspecified atom stereocenters. The van der Waals surface area contributed by atoms with Gasteiger partial charge in [0.1, 0.15) is 0 Å². The quantitative estimate of drug-likeness (QED) is 0.666. The highest BCUT2D eigenvalue weighted by molar-refractivity contribution is 5.66. The molecule has 0 aliphatic rings. The van der Waals surface area contributed by atoms with Gasteiger partial charge in [-0.15, -0.1) is 0 Å². The van der Waals surface area contributed by atoms with Gasteiger partial charge in [0.05, 0.1) is 0 Å². The third kappa shape index (κ3) is 7.47. The summed E-state index contributed by atoms with van der Waals surface area (Å²) in [6.07, 6.45) is -5.35. The maximum Gasteiger partial charge on any atom is 0.303 e. The molecule has 2 nitrogen and oxygen atoms in total. The third-order valence-electron chi connectivity index (χ3n) is 0.814. The Hall–Kier alpha value is -0.530. The molecule has 0 radical (unpaired) electrons. The lowest BCUT2D eigenvalue weighted by Crippen LogP contribution is -2.05. The molecule has 0 aromatic heterocycles. The van der Waals surface area contributed by atoms with Crippen LogP contribution in [0.4, 0.5) is 0 Å². The van der Waals surface area contributed by atoms with Crippen LogP contribution in [-0.2, 0) is 4.79 Å². The molecule has 0 atom stereocenters. The lowest BCUT2D eigenvalue weighted by atomic mass is 9.90. The molecule has 0 saturated heterocycles. The first-order valence-corrected chi connectivity index (χ1v) is 3.13. The first kappa shape index (κ1) is 4.37. The first-order chi connectivity index (χ1) is 5.90. The van der Waals surface area contributed by atoms with Gasteiger partial charge in [0.2, 0.25) is 0 Å². The van der Waals surface area contributed by atoms with Gasteiger partial charge >= 0.3 is 5.97 Å². The van der Waals surface area contributed by atoms with Crippen LogP contribution < -0.4 is 0 Å². The summed E-state index contributed by atoms with van der Waals surface area (Å²) in [5.41, 5.74) is -0.452. The van der Waals surface area contributed by atoms with Crippen molar-refractivity contribution in [3.05, 3.63) is 0 Å². The Morgan fingerprint density at radius 1 is 1.60 bits per heavy atom. The number of carboxylic acids is 1. The normalized spacial score (nSPS) is 20.3. The third-order valence-corrected chi connectivity index (χ3v) is 0.814. The summed E-state index contributed by atoms with van der Waals surface area (Å²) >= 11 is 0. The van der Waals surface area contributed by atoms with Crippen molar-refractivity contribution in [1.29, 1.82) is 0 Å². The van der Waals surface area contributed by atoms with Crippen molar-refractivity contribution >= 4 is 5.97 Å². The topological polar surface area (TPSA) is 37.3 Å². The van der Waals surface area contributed by atoms with Crippen molar-refractivity contribution in [2.45, 2.75) is 39.9 Å². The molecule has 10 heavy (non-hydrogen) atoms. The van der Waals surface area contributed by atoms with Crippen LogP contribution in [0.25, 0.3) is 0 Å². The van der Waals surface area contributed by atoms with Crippen molar-refractivity contribution in [3.8, 4) is 0 Å². The number of carboxylic acid groups (broad SMARTS) is 1. The second kappa shape index (κ2) is 3.59. The van der Waals surface area contributed by atoms with Gasteiger partial charge in [-0.05, 0) is 18.2 Å². The molecular formula is C8H16O2. The minimum atomic E-state index is -2.85. The van der Waals surface area contributed by atoms with Gasteiger partial charge in [-0.2, -0.15) is 0 Å². The van der Waals surface area contributed by atoms with Gasteiger partial charge in [-0.1, -0.05) is 20.8 Å². The summed E-state index contributed by atoms with van der Waals surface area (Å²) in [5, 5.41) is 8.56. The Morgan fingerprint density at radius 2 is 2.10 bits per heavy atom. The average molecular weight is 148 g/mol. The van der Waals surface area contributed by atoms with Crippen molar-refractivity contribution in [3.63, 3.8) is 0 Å². The highest BCUT2D eigenvalue weighted by atomic mass is 16.4. The molecule has 0 aromatic rings. The van der Waals surface area contributed by atoms with E-state index in [4.69, 9.17) is 10.6 Å². The Labute approximate surface area is 67.9 Å². The predicted molar refractivity (Wildman–Crippen MR) is 40.9 cm³/mol. The molecule has 0 aliphatic carbocycles. The van der Waals surface area contributed by atoms with Crippen molar-refractivity contribution in [2.24, 2.45) is 5.41 Å². The molecule has 0 bridgehead atoms. The number of rotatable bonds is 3. The van der Waals surface area contributed by atoms with E-state index in [1.807, 2.05) is 0 Å². The molecule has 0 aliphatic heterocycles. The maximum absolute atomic E-state index is 10.5. The number of hydrogen-bond acceptors (Lipinski definition) is 1. The highest BCUT2D eigenvalue weighted by Crippen LogP contribution is 2.21. The molecule has 0 heterocycles. The van der Waals surface area contributed by atoms with Crippen molar-refractivity contribution in [1.82, 2.24) is 0 Å². The van der Waals surface area contributed by atoms with Gasteiger partial charge in [0.25, 0.3) is 0 Å². The monoisotopic (exact) mass is 148 g/mol. The SMILES string of the molecule is [2H]C([2H])(CC(C)(C)C)C([2H])([2H])C(=O)O. The smallest absolute Gasteiger partial charge is 0.303 e. The molecular weight excluding hydrogens is 128 g/mol. The lowest BCUT2D eigenvalue weighted by molar-refractivity contribution is -0.137. The maximum atomic E-state index is 10.5. The molecule has 1 N–H and O–H groups in total. The Kier molecular flexibility index (Phi) is 1.57. The van der Waals surface area contributed by atoms with E-state index in [1.54, 1.807) is 20.8 Å². The summed E-state index contributed by atoms with van der Waals surface area (Å²) in [6.45, 7) is 5.22. The molecule has 0 saturated carbocycles. The summed E-state index contributed by atoms with van der Waals surface area (Å²) in [6, 6.07) is 0. The zero-order chi connectivity index (χ0) is 11.8. The first-order valence-electron chi connectivity index (χ1n) is 5.13. The minimum Gasteiger partial charge on any atom is -0.481 e. The van der Waals surface area contributed by atoms with E-state index in [-0.39, 0.29) is 6.42 Å². The van der Waals surface area contributed by atoms with E-state index in [0.717, 1.165) is 0 Å². The molecule has 0 aromatic carbocycles. The van der Waals surface area contributed by atoms with Crippen LogP contribution in [0.1, 0.15) is 45.4 Å². The zero-order valence-corrected chi connectivity index (χ0v) is 6.56. The van der Waals surface area contributed by atoms with Crippen LogP contribution in [0.5, 0.6) is 0 Å². The van der Waals surface area contributed by atoms with Crippen LogP contribution in [-0.4, -0.2) is 11.1 Å². The van der Waals surface area contributed by atoms with Gasteiger partial charge in [-0.3, -0.25) is 4.79 Å². The highest BCUT2D eigenvalue weighted by Gasteiger charge is 2.09. The fourth-order valence-electron chi connectivity index (χ4n) is 0.385. The van der Waals surface area contributed by atoms with E-state index in [0.29, 0.717) is 0 Å².